The first-order chi connectivity index (χ1) is 9.69. The van der Waals surface area contributed by atoms with Gasteiger partial charge >= 0.3 is 5.97 Å². The number of carbonyl (C=O) groups is 1. The molecule has 0 radical (unpaired) electrons. The smallest absolute Gasteiger partial charge is 0.311 e. The van der Waals surface area contributed by atoms with Gasteiger partial charge in [-0.1, -0.05) is 35.9 Å². The summed E-state index contributed by atoms with van der Waals surface area (Å²) in [7, 11) is 0. The number of carbonyl (C=O) groups excluding carboxylic acids is 1. The largest absolute Gasteiger partial charge is 0.502 e. The first kappa shape index (κ1) is 13.9. The van der Waals surface area contributed by atoms with Crippen molar-refractivity contribution in [3.8, 4) is 5.75 Å². The number of ether oxygens (including phenoxy) is 1. The highest BCUT2D eigenvalue weighted by Gasteiger charge is 2.09. The van der Waals surface area contributed by atoms with Crippen molar-refractivity contribution in [1.82, 2.24) is 0 Å². The minimum atomic E-state index is -0.290. The standard InChI is InChI=1S/C16H16N2O2/c1-12-6-9-14(10-7-12)20-16(19)11-8-13-4-2-3-5-15(13)18-17/h2-7,9-10,18H,8,11H2,1H3. The minimum absolute atomic E-state index is 0.257. The molecule has 0 fully saturated rings. The summed E-state index contributed by atoms with van der Waals surface area (Å²) in [5.74, 6) is 0.260. The lowest BCUT2D eigenvalue weighted by Gasteiger charge is -2.05. The van der Waals surface area contributed by atoms with Crippen LogP contribution < -0.4 is 9.85 Å². The van der Waals surface area contributed by atoms with Gasteiger partial charge in [0.25, 0.3) is 0 Å². The summed E-state index contributed by atoms with van der Waals surface area (Å²) in [6.45, 7) is 1.98. The van der Waals surface area contributed by atoms with Gasteiger partial charge in [-0.2, -0.15) is 0 Å². The number of rotatable bonds is 5. The van der Waals surface area contributed by atoms with Gasteiger partial charge in [0.15, 0.2) is 5.69 Å². The van der Waals surface area contributed by atoms with Gasteiger partial charge in [0.1, 0.15) is 5.75 Å². The van der Waals surface area contributed by atoms with Crippen molar-refractivity contribution in [1.29, 1.82) is 0 Å². The Morgan fingerprint density at radius 2 is 1.85 bits per heavy atom. The van der Waals surface area contributed by atoms with Crippen molar-refractivity contribution in [2.75, 3.05) is 0 Å². The van der Waals surface area contributed by atoms with Crippen LogP contribution in [0.25, 0.3) is 5.53 Å². The topological polar surface area (TPSA) is 62.6 Å². The second kappa shape index (κ2) is 6.61. The lowest BCUT2D eigenvalue weighted by molar-refractivity contribution is -0.380. The monoisotopic (exact) mass is 268 g/mol. The predicted octanol–water partition coefficient (Wildman–Crippen LogP) is 2.27. The van der Waals surface area contributed by atoms with Crippen LogP contribution >= 0.6 is 0 Å². The average molecular weight is 268 g/mol. The highest BCUT2D eigenvalue weighted by atomic mass is 16.5. The van der Waals surface area contributed by atoms with E-state index in [1.807, 2.05) is 37.3 Å². The van der Waals surface area contributed by atoms with E-state index in [2.05, 4.69) is 5.11 Å². The van der Waals surface area contributed by atoms with Crippen LogP contribution in [0.4, 0.5) is 5.69 Å². The molecule has 1 N–H and O–H groups in total. The molecule has 2 aromatic carbocycles. The lowest BCUT2D eigenvalue weighted by atomic mass is 10.1. The summed E-state index contributed by atoms with van der Waals surface area (Å²) < 4.78 is 5.24. The summed E-state index contributed by atoms with van der Waals surface area (Å²) in [6.07, 6.45) is 0.765. The fourth-order valence-electron chi connectivity index (χ4n) is 1.87. The molecular formula is C16H16N2O2. The van der Waals surface area contributed by atoms with E-state index < -0.39 is 0 Å². The zero-order valence-electron chi connectivity index (χ0n) is 11.3. The van der Waals surface area contributed by atoms with Crippen molar-refractivity contribution in [3.05, 3.63) is 65.2 Å². The number of hydrogen-bond donors (Lipinski definition) is 1. The molecule has 2 rings (SSSR count). The molecule has 0 aliphatic carbocycles. The highest BCUT2D eigenvalue weighted by molar-refractivity contribution is 5.72. The summed E-state index contributed by atoms with van der Waals surface area (Å²) in [5, 5.41) is 2.12. The Morgan fingerprint density at radius 3 is 2.55 bits per heavy atom. The summed E-state index contributed by atoms with van der Waals surface area (Å²) in [5.41, 5.74) is 11.6. The average Bonchev–Trinajstić information content (AvgIpc) is 2.48. The number of esters is 1. The molecule has 0 bridgehead atoms. The van der Waals surface area contributed by atoms with E-state index in [1.165, 1.54) is 0 Å². The van der Waals surface area contributed by atoms with Gasteiger partial charge in [0, 0.05) is 11.6 Å². The molecule has 0 spiro atoms. The Balaban J connectivity index is 1.92. The second-order valence-electron chi connectivity index (χ2n) is 4.56. The van der Waals surface area contributed by atoms with Crippen LogP contribution in [0.3, 0.4) is 0 Å². The third kappa shape index (κ3) is 3.75. The number of nitrogens with zero attached hydrogens (tertiary/aromatic N) is 1. The summed E-state index contributed by atoms with van der Waals surface area (Å²) >= 11 is 0. The number of nitrogens with one attached hydrogen (secondary N) is 1. The van der Waals surface area contributed by atoms with Crippen LogP contribution in [0.2, 0.25) is 0 Å². The predicted molar refractivity (Wildman–Crippen MR) is 75.6 cm³/mol. The van der Waals surface area contributed by atoms with Crippen LogP contribution in [-0.2, 0) is 11.2 Å². The highest BCUT2D eigenvalue weighted by Crippen LogP contribution is 2.14. The molecule has 0 amide bonds. The maximum atomic E-state index is 11.8. The molecule has 0 aliphatic rings. The van der Waals surface area contributed by atoms with E-state index >= 15 is 0 Å². The Morgan fingerprint density at radius 1 is 1.15 bits per heavy atom. The second-order valence-corrected chi connectivity index (χ2v) is 4.56. The van der Waals surface area contributed by atoms with E-state index in [0.29, 0.717) is 17.9 Å². The lowest BCUT2D eigenvalue weighted by Crippen LogP contribution is -2.55. The fourth-order valence-corrected chi connectivity index (χ4v) is 1.87. The Labute approximate surface area is 117 Å². The Hall–Kier alpha value is -2.49. The molecule has 102 valence electrons. The molecule has 20 heavy (non-hydrogen) atoms. The SMILES string of the molecule is Cc1ccc(OC(=O)CCc2ccccc2[NH+]=[N-])cc1. The summed E-state index contributed by atoms with van der Waals surface area (Å²) in [6, 6.07) is 14.6. The van der Waals surface area contributed by atoms with Crippen LogP contribution in [-0.4, -0.2) is 5.97 Å². The van der Waals surface area contributed by atoms with Crippen molar-refractivity contribution in [2.24, 2.45) is 0 Å². The number of para-hydroxylation sites is 1. The first-order valence-corrected chi connectivity index (χ1v) is 6.44. The maximum absolute atomic E-state index is 11.8. The first-order valence-electron chi connectivity index (χ1n) is 6.44. The van der Waals surface area contributed by atoms with Gasteiger partial charge < -0.3 is 10.3 Å². The maximum Gasteiger partial charge on any atom is 0.311 e. The van der Waals surface area contributed by atoms with Gasteiger partial charge in [-0.25, -0.2) is 0 Å². The third-order valence-corrected chi connectivity index (χ3v) is 2.99. The molecule has 0 aromatic heterocycles. The van der Waals surface area contributed by atoms with E-state index in [0.717, 1.165) is 11.1 Å². The number of benzene rings is 2. The van der Waals surface area contributed by atoms with Crippen LogP contribution in [0, 0.1) is 6.92 Å². The number of aryl methyl sites for hydroxylation is 2. The molecule has 0 saturated heterocycles. The van der Waals surface area contributed by atoms with E-state index in [1.54, 1.807) is 18.2 Å². The molecule has 0 unspecified atom stereocenters. The Kier molecular flexibility index (Phi) is 4.60. The zero-order valence-corrected chi connectivity index (χ0v) is 11.3. The van der Waals surface area contributed by atoms with Crippen molar-refractivity contribution < 1.29 is 14.6 Å². The van der Waals surface area contributed by atoms with Crippen molar-refractivity contribution in [2.45, 2.75) is 19.8 Å². The van der Waals surface area contributed by atoms with Gasteiger partial charge in [-0.15, -0.1) is 0 Å². The normalized spacial score (nSPS) is 10.1. The zero-order chi connectivity index (χ0) is 14.4. The Bertz CT molecular complexity index is 606. The van der Waals surface area contributed by atoms with Gasteiger partial charge in [0.2, 0.25) is 0 Å². The molecule has 4 nitrogen and oxygen atoms in total. The van der Waals surface area contributed by atoms with Gasteiger partial charge in [-0.05, 0) is 25.5 Å². The molecule has 2 aromatic rings. The van der Waals surface area contributed by atoms with Gasteiger partial charge in [0.05, 0.1) is 6.42 Å². The third-order valence-electron chi connectivity index (χ3n) is 2.99. The van der Waals surface area contributed by atoms with Crippen LogP contribution in [0.5, 0.6) is 5.75 Å². The van der Waals surface area contributed by atoms with Crippen molar-refractivity contribution in [3.63, 3.8) is 0 Å². The quantitative estimate of drug-likeness (QED) is 0.513. The van der Waals surface area contributed by atoms with E-state index in [4.69, 9.17) is 10.3 Å². The van der Waals surface area contributed by atoms with Crippen molar-refractivity contribution >= 4 is 11.7 Å². The molecule has 0 atom stereocenters. The molecular weight excluding hydrogens is 252 g/mol. The van der Waals surface area contributed by atoms with E-state index in [-0.39, 0.29) is 12.4 Å². The van der Waals surface area contributed by atoms with Gasteiger partial charge in [-0.3, -0.25) is 9.91 Å². The van der Waals surface area contributed by atoms with E-state index in [9.17, 15) is 4.79 Å². The minimum Gasteiger partial charge on any atom is -0.502 e. The molecule has 4 heteroatoms. The fraction of sp³-hybridized carbons (Fsp3) is 0.188. The van der Waals surface area contributed by atoms with Crippen LogP contribution in [0.15, 0.2) is 48.5 Å². The molecule has 0 saturated carbocycles. The molecule has 0 aliphatic heterocycles. The summed E-state index contributed by atoms with van der Waals surface area (Å²) in [4.78, 5) is 11.8. The molecule has 0 heterocycles. The van der Waals surface area contributed by atoms with Crippen LogP contribution in [0.1, 0.15) is 17.5 Å². The number of hydrogen-bond acceptors (Lipinski definition) is 2.